The average Bonchev–Trinajstić information content (AvgIpc) is 2.57. The van der Waals surface area contributed by atoms with E-state index in [1.807, 2.05) is 13.8 Å². The van der Waals surface area contributed by atoms with E-state index in [1.165, 1.54) is 25.3 Å². The fraction of sp³-hybridized carbons (Fsp3) is 0.632. The molecule has 1 aliphatic heterocycles. The second-order valence-electron chi connectivity index (χ2n) is 6.42. The third-order valence-corrected chi connectivity index (χ3v) is 4.46. The summed E-state index contributed by atoms with van der Waals surface area (Å²) >= 11 is 0. The number of nitrogens with one attached hydrogen (secondary N) is 1. The number of benzene rings is 1. The Morgan fingerprint density at radius 2 is 2.08 bits per heavy atom. The van der Waals surface area contributed by atoms with E-state index in [2.05, 4.69) is 10.2 Å². The van der Waals surface area contributed by atoms with Crippen LogP contribution in [0.5, 0.6) is 5.75 Å². The molecule has 0 bridgehead atoms. The van der Waals surface area contributed by atoms with Crippen LogP contribution in [0.3, 0.4) is 0 Å². The molecule has 1 unspecified atom stereocenters. The van der Waals surface area contributed by atoms with Gasteiger partial charge in [0.15, 0.2) is 11.6 Å². The van der Waals surface area contributed by atoms with Gasteiger partial charge in [0.2, 0.25) is 5.91 Å². The van der Waals surface area contributed by atoms with Crippen molar-refractivity contribution < 1.29 is 13.9 Å². The van der Waals surface area contributed by atoms with E-state index in [-0.39, 0.29) is 23.5 Å². The zero-order chi connectivity index (χ0) is 17.4. The monoisotopic (exact) mass is 336 g/mol. The Bertz CT molecular complexity index is 530. The van der Waals surface area contributed by atoms with Gasteiger partial charge < -0.3 is 15.0 Å². The van der Waals surface area contributed by atoms with Crippen molar-refractivity contribution in [2.75, 3.05) is 26.2 Å². The molecule has 24 heavy (non-hydrogen) atoms. The number of nitrogens with zero attached hydrogens (tertiary/aromatic N) is 1. The molecule has 5 heteroatoms. The van der Waals surface area contributed by atoms with Crippen molar-refractivity contribution in [1.82, 2.24) is 10.2 Å². The highest BCUT2D eigenvalue weighted by Gasteiger charge is 2.14. The smallest absolute Gasteiger partial charge is 0.220 e. The largest absolute Gasteiger partial charge is 0.491 e. The van der Waals surface area contributed by atoms with Gasteiger partial charge in [-0.05, 0) is 70.4 Å². The van der Waals surface area contributed by atoms with Crippen LogP contribution in [0.4, 0.5) is 4.39 Å². The number of rotatable bonds is 8. The summed E-state index contributed by atoms with van der Waals surface area (Å²) in [5.41, 5.74) is 0.750. The quantitative estimate of drug-likeness (QED) is 0.787. The highest BCUT2D eigenvalue weighted by atomic mass is 19.1. The molecule has 1 atom stereocenters. The Morgan fingerprint density at radius 3 is 2.75 bits per heavy atom. The van der Waals surface area contributed by atoms with Crippen LogP contribution in [0.2, 0.25) is 0 Å². The highest BCUT2D eigenvalue weighted by molar-refractivity contribution is 5.76. The van der Waals surface area contributed by atoms with Crippen molar-refractivity contribution in [2.45, 2.75) is 52.0 Å². The Hall–Kier alpha value is -1.62. The molecule has 1 aromatic carbocycles. The maximum Gasteiger partial charge on any atom is 0.220 e. The number of halogens is 1. The van der Waals surface area contributed by atoms with Crippen LogP contribution in [0.25, 0.3) is 0 Å². The molecule has 1 aromatic rings. The lowest BCUT2D eigenvalue weighted by atomic mass is 10.1. The predicted molar refractivity (Wildman–Crippen MR) is 93.7 cm³/mol. The summed E-state index contributed by atoms with van der Waals surface area (Å²) in [6.07, 6.45) is 5.25. The van der Waals surface area contributed by atoms with E-state index >= 15 is 0 Å². The lowest BCUT2D eigenvalue weighted by molar-refractivity contribution is -0.121. The van der Waals surface area contributed by atoms with Crippen molar-refractivity contribution >= 4 is 5.91 Å². The molecular formula is C19H29FN2O2. The molecule has 1 saturated heterocycles. The van der Waals surface area contributed by atoms with Gasteiger partial charge in [-0.1, -0.05) is 12.5 Å². The fourth-order valence-corrected chi connectivity index (χ4v) is 3.10. The Balaban J connectivity index is 1.75. The Morgan fingerprint density at radius 1 is 1.33 bits per heavy atom. The summed E-state index contributed by atoms with van der Waals surface area (Å²) in [4.78, 5) is 14.5. The van der Waals surface area contributed by atoms with Crippen molar-refractivity contribution in [3.8, 4) is 5.75 Å². The number of ether oxygens (including phenoxy) is 1. The maximum atomic E-state index is 13.9. The van der Waals surface area contributed by atoms with E-state index in [4.69, 9.17) is 4.74 Å². The molecule has 4 nitrogen and oxygen atoms in total. The van der Waals surface area contributed by atoms with Crippen LogP contribution in [0, 0.1) is 5.82 Å². The normalized spacial score (nSPS) is 16.6. The lowest BCUT2D eigenvalue weighted by Gasteiger charge is -2.26. The molecule has 1 aliphatic rings. The Kier molecular flexibility index (Phi) is 7.50. The van der Waals surface area contributed by atoms with Gasteiger partial charge in [-0.25, -0.2) is 4.39 Å². The summed E-state index contributed by atoms with van der Waals surface area (Å²) < 4.78 is 19.1. The van der Waals surface area contributed by atoms with E-state index < -0.39 is 0 Å². The topological polar surface area (TPSA) is 41.6 Å². The third kappa shape index (κ3) is 5.78. The number of carbonyl (C=O) groups excluding carboxylic acids is 1. The first kappa shape index (κ1) is 18.7. The Labute approximate surface area is 144 Å². The number of carbonyl (C=O) groups is 1. The lowest BCUT2D eigenvalue weighted by Crippen LogP contribution is -2.32. The van der Waals surface area contributed by atoms with Crippen molar-refractivity contribution in [3.05, 3.63) is 29.6 Å². The molecule has 0 radical (unpaired) electrons. The van der Waals surface area contributed by atoms with E-state index in [0.717, 1.165) is 31.6 Å². The molecule has 1 fully saturated rings. The molecule has 0 spiro atoms. The molecule has 1 N–H and O–H groups in total. The molecular weight excluding hydrogens is 307 g/mol. The first-order valence-electron chi connectivity index (χ1n) is 9.04. The number of amides is 1. The summed E-state index contributed by atoms with van der Waals surface area (Å²) in [5, 5.41) is 2.95. The second-order valence-corrected chi connectivity index (χ2v) is 6.42. The second kappa shape index (κ2) is 9.62. The molecule has 0 aliphatic carbocycles. The molecule has 1 amide bonds. The molecule has 134 valence electrons. The first-order valence-corrected chi connectivity index (χ1v) is 9.04. The van der Waals surface area contributed by atoms with E-state index in [9.17, 15) is 9.18 Å². The van der Waals surface area contributed by atoms with Crippen LogP contribution >= 0.6 is 0 Å². The first-order chi connectivity index (χ1) is 11.6. The van der Waals surface area contributed by atoms with Gasteiger partial charge in [0.25, 0.3) is 0 Å². The number of hydrogen-bond donors (Lipinski definition) is 1. The van der Waals surface area contributed by atoms with Crippen LogP contribution in [-0.2, 0) is 4.79 Å². The van der Waals surface area contributed by atoms with Gasteiger partial charge in [-0.15, -0.1) is 0 Å². The van der Waals surface area contributed by atoms with Crippen LogP contribution in [0.15, 0.2) is 18.2 Å². The fourth-order valence-electron chi connectivity index (χ4n) is 3.10. The summed E-state index contributed by atoms with van der Waals surface area (Å²) in [6.45, 7) is 7.42. The number of likely N-dealkylation sites (tertiary alicyclic amines) is 1. The number of piperidine rings is 1. The van der Waals surface area contributed by atoms with Gasteiger partial charge in [-0.2, -0.15) is 0 Å². The minimum absolute atomic E-state index is 0.0220. The highest BCUT2D eigenvalue weighted by Crippen LogP contribution is 2.22. The summed E-state index contributed by atoms with van der Waals surface area (Å²) in [6, 6.07) is 4.64. The molecule has 1 heterocycles. The summed E-state index contributed by atoms with van der Waals surface area (Å²) in [5.74, 6) is -0.115. The van der Waals surface area contributed by atoms with Gasteiger partial charge in [0.05, 0.1) is 12.6 Å². The van der Waals surface area contributed by atoms with Crippen molar-refractivity contribution in [2.24, 2.45) is 0 Å². The van der Waals surface area contributed by atoms with E-state index in [0.29, 0.717) is 13.0 Å². The van der Waals surface area contributed by atoms with Crippen LogP contribution in [-0.4, -0.2) is 37.0 Å². The average molecular weight is 336 g/mol. The minimum atomic E-state index is -0.388. The zero-order valence-electron chi connectivity index (χ0n) is 14.8. The SMILES string of the molecule is CCOc1ccc(C(C)NC(=O)CCCN2CCCCC2)cc1F. The zero-order valence-corrected chi connectivity index (χ0v) is 14.8. The minimum Gasteiger partial charge on any atom is -0.491 e. The summed E-state index contributed by atoms with van der Waals surface area (Å²) in [7, 11) is 0. The number of hydrogen-bond acceptors (Lipinski definition) is 3. The molecule has 0 aromatic heterocycles. The van der Waals surface area contributed by atoms with Crippen LogP contribution in [0.1, 0.15) is 57.6 Å². The van der Waals surface area contributed by atoms with Gasteiger partial charge in [-0.3, -0.25) is 4.79 Å². The van der Waals surface area contributed by atoms with E-state index in [1.54, 1.807) is 12.1 Å². The van der Waals surface area contributed by atoms with Gasteiger partial charge >= 0.3 is 0 Å². The van der Waals surface area contributed by atoms with Gasteiger partial charge in [0, 0.05) is 6.42 Å². The van der Waals surface area contributed by atoms with Crippen LogP contribution < -0.4 is 10.1 Å². The van der Waals surface area contributed by atoms with Crippen molar-refractivity contribution in [3.63, 3.8) is 0 Å². The standard InChI is InChI=1S/C19H29FN2O2/c1-3-24-18-10-9-16(14-17(18)20)15(2)21-19(23)8-7-13-22-11-5-4-6-12-22/h9-10,14-15H,3-8,11-13H2,1-2H3,(H,21,23). The molecule has 2 rings (SSSR count). The van der Waals surface area contributed by atoms with Crippen molar-refractivity contribution in [1.29, 1.82) is 0 Å². The molecule has 0 saturated carbocycles. The van der Waals surface area contributed by atoms with Gasteiger partial charge in [0.1, 0.15) is 0 Å². The third-order valence-electron chi connectivity index (χ3n) is 4.46. The predicted octanol–water partition coefficient (Wildman–Crippen LogP) is 3.67. The maximum absolute atomic E-state index is 13.9.